The first kappa shape index (κ1) is 14.0. The van der Waals surface area contributed by atoms with Crippen molar-refractivity contribution in [3.8, 4) is 0 Å². The monoisotopic (exact) mass is 309 g/mol. The number of carbonyl (C=O) groups excluding carboxylic acids is 1. The van der Waals surface area contributed by atoms with Gasteiger partial charge in [0.25, 0.3) is 5.91 Å². The SMILES string of the molecule is CC(Br)CNC(=O)c1cccc(C(F)(F)F)c1. The van der Waals surface area contributed by atoms with E-state index < -0.39 is 17.6 Å². The second-order valence-electron chi connectivity index (χ2n) is 3.57. The fraction of sp³-hybridized carbons (Fsp3) is 0.364. The molecule has 94 valence electrons. The first-order valence-corrected chi connectivity index (χ1v) is 5.82. The number of rotatable bonds is 3. The number of amides is 1. The molecule has 1 aromatic rings. The molecular formula is C11H11BrF3NO. The highest BCUT2D eigenvalue weighted by Gasteiger charge is 2.30. The smallest absolute Gasteiger partial charge is 0.351 e. The van der Waals surface area contributed by atoms with Crippen molar-refractivity contribution in [3.05, 3.63) is 35.4 Å². The molecule has 0 fully saturated rings. The van der Waals surface area contributed by atoms with E-state index in [9.17, 15) is 18.0 Å². The summed E-state index contributed by atoms with van der Waals surface area (Å²) in [6.07, 6.45) is -4.43. The number of benzene rings is 1. The summed E-state index contributed by atoms with van der Waals surface area (Å²) >= 11 is 3.23. The Morgan fingerprint density at radius 2 is 2.12 bits per heavy atom. The van der Waals surface area contributed by atoms with Crippen LogP contribution < -0.4 is 5.32 Å². The van der Waals surface area contributed by atoms with Gasteiger partial charge in [-0.3, -0.25) is 4.79 Å². The zero-order valence-electron chi connectivity index (χ0n) is 9.01. The number of hydrogen-bond acceptors (Lipinski definition) is 1. The third-order valence-electron chi connectivity index (χ3n) is 2.00. The van der Waals surface area contributed by atoms with E-state index in [2.05, 4.69) is 21.2 Å². The fourth-order valence-electron chi connectivity index (χ4n) is 1.17. The molecule has 1 unspecified atom stereocenters. The Kier molecular flexibility index (Phi) is 4.56. The van der Waals surface area contributed by atoms with Crippen molar-refractivity contribution in [1.82, 2.24) is 5.32 Å². The summed E-state index contributed by atoms with van der Waals surface area (Å²) in [5.74, 6) is -0.512. The maximum absolute atomic E-state index is 12.4. The average Bonchev–Trinajstić information content (AvgIpc) is 2.25. The molecular weight excluding hydrogens is 299 g/mol. The predicted molar refractivity (Wildman–Crippen MR) is 62.2 cm³/mol. The van der Waals surface area contributed by atoms with Crippen molar-refractivity contribution in [2.45, 2.75) is 17.9 Å². The maximum atomic E-state index is 12.4. The van der Waals surface area contributed by atoms with Crippen LogP contribution in [0.4, 0.5) is 13.2 Å². The van der Waals surface area contributed by atoms with Gasteiger partial charge in [-0.15, -0.1) is 0 Å². The lowest BCUT2D eigenvalue weighted by Gasteiger charge is -2.09. The van der Waals surface area contributed by atoms with Crippen LogP contribution in [0.25, 0.3) is 0 Å². The molecule has 0 spiro atoms. The summed E-state index contributed by atoms with van der Waals surface area (Å²) in [4.78, 5) is 11.6. The van der Waals surface area contributed by atoms with Crippen LogP contribution >= 0.6 is 15.9 Å². The van der Waals surface area contributed by atoms with Crippen molar-refractivity contribution in [1.29, 1.82) is 0 Å². The number of hydrogen-bond donors (Lipinski definition) is 1. The van der Waals surface area contributed by atoms with Gasteiger partial charge in [0.05, 0.1) is 5.56 Å². The lowest BCUT2D eigenvalue weighted by Crippen LogP contribution is -2.28. The largest absolute Gasteiger partial charge is 0.416 e. The average molecular weight is 310 g/mol. The van der Waals surface area contributed by atoms with Gasteiger partial charge in [-0.2, -0.15) is 13.2 Å². The van der Waals surface area contributed by atoms with Gasteiger partial charge in [-0.05, 0) is 18.2 Å². The highest BCUT2D eigenvalue weighted by atomic mass is 79.9. The van der Waals surface area contributed by atoms with Gasteiger partial charge in [0.15, 0.2) is 0 Å². The molecule has 0 aliphatic rings. The highest BCUT2D eigenvalue weighted by molar-refractivity contribution is 9.09. The molecule has 0 aliphatic carbocycles. The Bertz CT molecular complexity index is 404. The van der Waals surface area contributed by atoms with Gasteiger partial charge in [0.2, 0.25) is 0 Å². The summed E-state index contributed by atoms with van der Waals surface area (Å²) in [6, 6.07) is 4.34. The Morgan fingerprint density at radius 3 is 2.65 bits per heavy atom. The van der Waals surface area contributed by atoms with E-state index >= 15 is 0 Å². The van der Waals surface area contributed by atoms with Crippen LogP contribution in [0.15, 0.2) is 24.3 Å². The van der Waals surface area contributed by atoms with Gasteiger partial charge in [0.1, 0.15) is 0 Å². The molecule has 1 aromatic carbocycles. The van der Waals surface area contributed by atoms with Crippen LogP contribution in [0.5, 0.6) is 0 Å². The molecule has 1 atom stereocenters. The minimum Gasteiger partial charge on any atom is -0.351 e. The molecule has 1 rings (SSSR count). The van der Waals surface area contributed by atoms with E-state index in [1.807, 2.05) is 6.92 Å². The van der Waals surface area contributed by atoms with E-state index in [4.69, 9.17) is 0 Å². The van der Waals surface area contributed by atoms with Crippen molar-refractivity contribution in [2.75, 3.05) is 6.54 Å². The number of nitrogens with one attached hydrogen (secondary N) is 1. The summed E-state index contributed by atoms with van der Waals surface area (Å²) in [7, 11) is 0. The van der Waals surface area contributed by atoms with Gasteiger partial charge >= 0.3 is 6.18 Å². The van der Waals surface area contributed by atoms with Crippen LogP contribution in [-0.4, -0.2) is 17.3 Å². The third kappa shape index (κ3) is 4.38. The van der Waals surface area contributed by atoms with E-state index in [0.717, 1.165) is 12.1 Å². The second kappa shape index (κ2) is 5.53. The first-order chi connectivity index (χ1) is 7.80. The molecule has 17 heavy (non-hydrogen) atoms. The lowest BCUT2D eigenvalue weighted by molar-refractivity contribution is -0.137. The summed E-state index contributed by atoms with van der Waals surface area (Å²) in [5.41, 5.74) is -0.815. The Balaban J connectivity index is 2.81. The van der Waals surface area contributed by atoms with Gasteiger partial charge in [-0.1, -0.05) is 28.9 Å². The summed E-state index contributed by atoms with van der Waals surface area (Å²) < 4.78 is 37.2. The number of halogens is 4. The van der Waals surface area contributed by atoms with Crippen molar-refractivity contribution in [3.63, 3.8) is 0 Å². The van der Waals surface area contributed by atoms with E-state index in [0.29, 0.717) is 6.54 Å². The zero-order chi connectivity index (χ0) is 13.1. The highest BCUT2D eigenvalue weighted by Crippen LogP contribution is 2.29. The number of carbonyl (C=O) groups is 1. The van der Waals surface area contributed by atoms with Gasteiger partial charge in [0, 0.05) is 16.9 Å². The van der Waals surface area contributed by atoms with E-state index in [1.54, 1.807) is 0 Å². The third-order valence-corrected chi connectivity index (χ3v) is 2.32. The van der Waals surface area contributed by atoms with Crippen molar-refractivity contribution < 1.29 is 18.0 Å². The topological polar surface area (TPSA) is 29.1 Å². The first-order valence-electron chi connectivity index (χ1n) is 4.90. The quantitative estimate of drug-likeness (QED) is 0.853. The van der Waals surface area contributed by atoms with Crippen molar-refractivity contribution >= 4 is 21.8 Å². The molecule has 1 N–H and O–H groups in total. The second-order valence-corrected chi connectivity index (χ2v) is 5.13. The molecule has 0 saturated carbocycles. The molecule has 2 nitrogen and oxygen atoms in total. The lowest BCUT2D eigenvalue weighted by atomic mass is 10.1. The fourth-order valence-corrected chi connectivity index (χ4v) is 1.33. The molecule has 0 bridgehead atoms. The van der Waals surface area contributed by atoms with Gasteiger partial charge < -0.3 is 5.32 Å². The minimum atomic E-state index is -4.43. The molecule has 1 amide bonds. The van der Waals surface area contributed by atoms with Crippen LogP contribution in [0.1, 0.15) is 22.8 Å². The van der Waals surface area contributed by atoms with Gasteiger partial charge in [-0.25, -0.2) is 0 Å². The van der Waals surface area contributed by atoms with Crippen LogP contribution in [0.3, 0.4) is 0 Å². The van der Waals surface area contributed by atoms with Crippen LogP contribution in [-0.2, 0) is 6.18 Å². The Labute approximate surface area is 105 Å². The van der Waals surface area contributed by atoms with Crippen molar-refractivity contribution in [2.24, 2.45) is 0 Å². The Morgan fingerprint density at radius 1 is 1.47 bits per heavy atom. The van der Waals surface area contributed by atoms with E-state index in [1.165, 1.54) is 12.1 Å². The molecule has 0 heterocycles. The van der Waals surface area contributed by atoms with E-state index in [-0.39, 0.29) is 10.4 Å². The predicted octanol–water partition coefficient (Wildman–Crippen LogP) is 3.22. The number of alkyl halides is 4. The molecule has 0 aliphatic heterocycles. The minimum absolute atomic E-state index is 0.00738. The molecule has 6 heteroatoms. The normalized spacial score (nSPS) is 13.2. The maximum Gasteiger partial charge on any atom is 0.416 e. The summed E-state index contributed by atoms with van der Waals surface area (Å²) in [6.45, 7) is 2.18. The Hall–Kier alpha value is -1.04. The molecule has 0 saturated heterocycles. The standard InChI is InChI=1S/C11H11BrF3NO/c1-7(12)6-16-10(17)8-3-2-4-9(5-8)11(13,14)15/h2-5,7H,6H2,1H3,(H,16,17). The molecule has 0 aromatic heterocycles. The zero-order valence-corrected chi connectivity index (χ0v) is 10.6. The van der Waals surface area contributed by atoms with Crippen LogP contribution in [0, 0.1) is 0 Å². The van der Waals surface area contributed by atoms with Crippen LogP contribution in [0.2, 0.25) is 0 Å². The molecule has 0 radical (unpaired) electrons. The summed E-state index contributed by atoms with van der Waals surface area (Å²) in [5, 5.41) is 2.52.